The summed E-state index contributed by atoms with van der Waals surface area (Å²) < 4.78 is 0. The molecule has 0 aliphatic rings. The number of halogens is 2. The number of nitrogens with two attached hydrogens (primary N) is 2. The van der Waals surface area contributed by atoms with Crippen LogP contribution < -0.4 is 16.8 Å². The summed E-state index contributed by atoms with van der Waals surface area (Å²) in [6, 6.07) is 17.0. The third kappa shape index (κ3) is 8.05. The van der Waals surface area contributed by atoms with Crippen molar-refractivity contribution in [3.63, 3.8) is 0 Å². The number of hydrogen-bond donors (Lipinski definition) is 4. The van der Waals surface area contributed by atoms with Crippen LogP contribution >= 0.6 is 24.8 Å². The van der Waals surface area contributed by atoms with Gasteiger partial charge in [0.05, 0.1) is 0 Å². The number of nitrogens with one attached hydrogen (secondary N) is 2. The van der Waals surface area contributed by atoms with Gasteiger partial charge in [0.25, 0.3) is 0 Å². The second kappa shape index (κ2) is 13.6. The summed E-state index contributed by atoms with van der Waals surface area (Å²) in [7, 11) is 0. The van der Waals surface area contributed by atoms with Crippen molar-refractivity contribution in [1.82, 2.24) is 5.32 Å². The first-order valence-corrected chi connectivity index (χ1v) is 9.46. The van der Waals surface area contributed by atoms with E-state index in [0.717, 1.165) is 11.1 Å². The number of amides is 2. The van der Waals surface area contributed by atoms with Gasteiger partial charge in [-0.25, -0.2) is 0 Å². The maximum Gasteiger partial charge on any atom is 0.224 e. The monoisotopic (exact) mass is 452 g/mol. The molecule has 8 heteroatoms. The van der Waals surface area contributed by atoms with Crippen molar-refractivity contribution in [2.45, 2.75) is 32.7 Å². The number of amidine groups is 1. The molecule has 0 fully saturated rings. The molecule has 2 amide bonds. The molecule has 2 rings (SSSR count). The summed E-state index contributed by atoms with van der Waals surface area (Å²) in [6.07, 6.45) is 1.78. The van der Waals surface area contributed by atoms with E-state index in [1.54, 1.807) is 12.1 Å². The molecule has 0 aromatic heterocycles. The van der Waals surface area contributed by atoms with Gasteiger partial charge in [-0.1, -0.05) is 61.5 Å². The molecule has 0 saturated heterocycles. The zero-order valence-electron chi connectivity index (χ0n) is 17.0. The highest BCUT2D eigenvalue weighted by Gasteiger charge is 2.30. The van der Waals surface area contributed by atoms with E-state index >= 15 is 0 Å². The van der Waals surface area contributed by atoms with Crippen LogP contribution in [0.5, 0.6) is 0 Å². The average Bonchev–Trinajstić information content (AvgIpc) is 2.70. The molecule has 2 aromatic carbocycles. The molecule has 30 heavy (non-hydrogen) atoms. The molecule has 0 aliphatic heterocycles. The van der Waals surface area contributed by atoms with Crippen LogP contribution in [0.15, 0.2) is 54.6 Å². The highest BCUT2D eigenvalue weighted by atomic mass is 35.5. The zero-order valence-corrected chi connectivity index (χ0v) is 18.6. The summed E-state index contributed by atoms with van der Waals surface area (Å²) in [5, 5.41) is 10.3. The Balaban J connectivity index is 0.00000420. The van der Waals surface area contributed by atoms with Gasteiger partial charge < -0.3 is 16.8 Å². The lowest BCUT2D eigenvalue weighted by atomic mass is 9.84. The molecule has 0 spiro atoms. The smallest absolute Gasteiger partial charge is 0.224 e. The summed E-state index contributed by atoms with van der Waals surface area (Å²) in [6.45, 7) is 2.24. The molecule has 0 saturated carbocycles. The maximum absolute atomic E-state index is 12.7. The minimum atomic E-state index is -0.509. The van der Waals surface area contributed by atoms with E-state index in [4.69, 9.17) is 16.9 Å². The fourth-order valence-electron chi connectivity index (χ4n) is 3.28. The maximum atomic E-state index is 12.7. The van der Waals surface area contributed by atoms with E-state index in [0.29, 0.717) is 31.4 Å². The summed E-state index contributed by atoms with van der Waals surface area (Å²) >= 11 is 0. The molecule has 164 valence electrons. The van der Waals surface area contributed by atoms with Gasteiger partial charge in [0, 0.05) is 23.9 Å². The molecule has 0 bridgehead atoms. The van der Waals surface area contributed by atoms with Crippen molar-refractivity contribution >= 4 is 42.5 Å². The van der Waals surface area contributed by atoms with Crippen molar-refractivity contribution in [3.8, 4) is 0 Å². The molecule has 6 nitrogen and oxygen atoms in total. The van der Waals surface area contributed by atoms with Gasteiger partial charge in [0.2, 0.25) is 11.8 Å². The Morgan fingerprint density at radius 1 is 0.933 bits per heavy atom. The van der Waals surface area contributed by atoms with Crippen molar-refractivity contribution in [2.24, 2.45) is 23.3 Å². The predicted octanol–water partition coefficient (Wildman–Crippen LogP) is 3.19. The van der Waals surface area contributed by atoms with Crippen LogP contribution in [0, 0.1) is 17.2 Å². The minimum absolute atomic E-state index is 0. The quantitative estimate of drug-likeness (QED) is 0.326. The number of nitrogen functional groups attached to an aromatic ring is 1. The molecule has 2 atom stereocenters. The van der Waals surface area contributed by atoms with Crippen molar-refractivity contribution < 1.29 is 9.59 Å². The molecule has 1 unspecified atom stereocenters. The summed E-state index contributed by atoms with van der Waals surface area (Å²) in [4.78, 5) is 24.7. The highest BCUT2D eigenvalue weighted by Crippen LogP contribution is 2.22. The Labute approximate surface area is 190 Å². The number of carbonyl (C=O) groups is 2. The van der Waals surface area contributed by atoms with Gasteiger partial charge in [0.15, 0.2) is 0 Å². The largest absolute Gasteiger partial charge is 0.384 e. The van der Waals surface area contributed by atoms with Crippen molar-refractivity contribution in [2.75, 3.05) is 0 Å². The number of carbonyl (C=O) groups excluding carboxylic acids is 2. The van der Waals surface area contributed by atoms with Crippen LogP contribution in [0.1, 0.15) is 36.5 Å². The van der Waals surface area contributed by atoms with Gasteiger partial charge >= 0.3 is 0 Å². The first-order chi connectivity index (χ1) is 13.4. The Hall–Kier alpha value is -2.57. The van der Waals surface area contributed by atoms with Crippen molar-refractivity contribution in [3.05, 3.63) is 71.3 Å². The van der Waals surface area contributed by atoms with Gasteiger partial charge in [-0.2, -0.15) is 0 Å². The number of benzene rings is 2. The summed E-state index contributed by atoms with van der Waals surface area (Å²) in [5.41, 5.74) is 13.7. The molecule has 6 N–H and O–H groups in total. The fraction of sp³-hybridized carbons (Fsp3) is 0.318. The molecular formula is C22H30Cl2N4O2. The molecule has 0 heterocycles. The lowest BCUT2D eigenvalue weighted by Gasteiger charge is -2.23. The van der Waals surface area contributed by atoms with Crippen LogP contribution in [-0.2, 0) is 22.6 Å². The molecular weight excluding hydrogens is 423 g/mol. The second-order valence-corrected chi connectivity index (χ2v) is 6.88. The van der Waals surface area contributed by atoms with E-state index < -0.39 is 17.7 Å². The lowest BCUT2D eigenvalue weighted by molar-refractivity contribution is -0.133. The molecule has 0 radical (unpaired) electrons. The lowest BCUT2D eigenvalue weighted by Crippen LogP contribution is -2.40. The van der Waals surface area contributed by atoms with Gasteiger partial charge in [-0.05, 0) is 30.4 Å². The van der Waals surface area contributed by atoms with E-state index in [2.05, 4.69) is 5.32 Å². The number of hydrogen-bond acceptors (Lipinski definition) is 3. The third-order valence-corrected chi connectivity index (χ3v) is 4.95. The second-order valence-electron chi connectivity index (χ2n) is 6.88. The van der Waals surface area contributed by atoms with Crippen LogP contribution in [0.2, 0.25) is 0 Å². The van der Waals surface area contributed by atoms with Crippen LogP contribution in [0.25, 0.3) is 0 Å². The summed E-state index contributed by atoms with van der Waals surface area (Å²) in [5.74, 6) is -1.58. The fourth-order valence-corrected chi connectivity index (χ4v) is 3.28. The van der Waals surface area contributed by atoms with Crippen LogP contribution in [-0.4, -0.2) is 17.6 Å². The predicted molar refractivity (Wildman–Crippen MR) is 125 cm³/mol. The van der Waals surface area contributed by atoms with E-state index in [9.17, 15) is 9.59 Å². The Morgan fingerprint density at radius 3 is 2.03 bits per heavy atom. The standard InChI is InChI=1S/C22H28N4O2.2ClH/c1-2-18(19(21(25)27)13-10-15-6-4-3-5-7-15)22(28)26-14-16-8-11-17(12-9-16)20(23)24;;/h3-9,11-12,18-19H,2,10,13-14H2,1H3,(H3,23,24)(H2,25,27)(H,26,28);2*1H/t18-,19?;;/m0../s1. The zero-order chi connectivity index (χ0) is 20.5. The van der Waals surface area contributed by atoms with Gasteiger partial charge in [0.1, 0.15) is 5.84 Å². The number of rotatable bonds is 10. The van der Waals surface area contributed by atoms with Gasteiger partial charge in [-0.15, -0.1) is 24.8 Å². The number of primary amides is 1. The topological polar surface area (TPSA) is 122 Å². The number of aryl methyl sites for hydroxylation is 1. The first-order valence-electron chi connectivity index (χ1n) is 9.46. The van der Waals surface area contributed by atoms with E-state index in [-0.39, 0.29) is 36.6 Å². The Morgan fingerprint density at radius 2 is 1.53 bits per heavy atom. The van der Waals surface area contributed by atoms with Crippen LogP contribution in [0.4, 0.5) is 0 Å². The molecule has 0 aliphatic carbocycles. The Bertz CT molecular complexity index is 814. The minimum Gasteiger partial charge on any atom is -0.384 e. The highest BCUT2D eigenvalue weighted by molar-refractivity contribution is 5.94. The van der Waals surface area contributed by atoms with Crippen LogP contribution in [0.3, 0.4) is 0 Å². The van der Waals surface area contributed by atoms with E-state index in [1.165, 1.54) is 0 Å². The van der Waals surface area contributed by atoms with E-state index in [1.807, 2.05) is 49.4 Å². The van der Waals surface area contributed by atoms with Crippen molar-refractivity contribution in [1.29, 1.82) is 5.41 Å². The first kappa shape index (κ1) is 27.4. The van der Waals surface area contributed by atoms with Gasteiger partial charge in [-0.3, -0.25) is 15.0 Å². The average molecular weight is 453 g/mol. The Kier molecular flexibility index (Phi) is 12.4. The SMILES string of the molecule is CC[C@H](C(=O)NCc1ccc(C(=N)N)cc1)C(CCc1ccccc1)C(N)=O.Cl.Cl. The third-order valence-electron chi connectivity index (χ3n) is 4.95. The normalized spacial score (nSPS) is 11.9. The molecule has 2 aromatic rings.